The van der Waals surface area contributed by atoms with Crippen LogP contribution in [0.15, 0.2) is 23.0 Å². The van der Waals surface area contributed by atoms with E-state index in [1.807, 2.05) is 0 Å². The maximum atomic E-state index is 11.9. The summed E-state index contributed by atoms with van der Waals surface area (Å²) in [7, 11) is 1.68. The second-order valence-electron chi connectivity index (χ2n) is 4.90. The normalized spacial score (nSPS) is 16.9. The van der Waals surface area contributed by atoms with E-state index in [1.54, 1.807) is 19.2 Å². The van der Waals surface area contributed by atoms with Crippen LogP contribution < -0.4 is 10.9 Å². The highest BCUT2D eigenvalue weighted by Gasteiger charge is 2.37. The topological polar surface area (TPSA) is 71.2 Å². The minimum Gasteiger partial charge on any atom is -0.384 e. The summed E-state index contributed by atoms with van der Waals surface area (Å²) in [6.07, 6.45) is 3.33. The molecule has 0 radical (unpaired) electrons. The number of amides is 1. The molecule has 0 bridgehead atoms. The van der Waals surface area contributed by atoms with Gasteiger partial charge in [0.25, 0.3) is 5.91 Å². The first-order chi connectivity index (χ1) is 8.65. The van der Waals surface area contributed by atoms with Gasteiger partial charge in [0, 0.05) is 25.1 Å². The fraction of sp³-hybridized carbons (Fsp3) is 0.538. The third-order valence-corrected chi connectivity index (χ3v) is 3.50. The summed E-state index contributed by atoms with van der Waals surface area (Å²) in [5.74, 6) is -0.241. The van der Waals surface area contributed by atoms with Gasteiger partial charge < -0.3 is 15.0 Å². The quantitative estimate of drug-likeness (QED) is 0.816. The fourth-order valence-electron chi connectivity index (χ4n) is 2.30. The zero-order valence-corrected chi connectivity index (χ0v) is 10.5. The number of carbonyl (C=O) groups excluding carboxylic acids is 1. The number of nitrogens with one attached hydrogen (secondary N) is 2. The van der Waals surface area contributed by atoms with Gasteiger partial charge in [0.05, 0.1) is 6.61 Å². The highest BCUT2D eigenvalue weighted by atomic mass is 16.5. The Labute approximate surface area is 106 Å². The number of rotatable bonds is 5. The summed E-state index contributed by atoms with van der Waals surface area (Å²) in [5, 5.41) is 2.86. The third kappa shape index (κ3) is 2.79. The van der Waals surface area contributed by atoms with Gasteiger partial charge in [-0.25, -0.2) is 0 Å². The highest BCUT2D eigenvalue weighted by Crippen LogP contribution is 2.40. The van der Waals surface area contributed by atoms with Gasteiger partial charge in [0.2, 0.25) is 5.56 Å². The molecular weight excluding hydrogens is 232 g/mol. The molecule has 1 aliphatic carbocycles. The predicted molar refractivity (Wildman–Crippen MR) is 67.6 cm³/mol. The Morgan fingerprint density at radius 2 is 2.28 bits per heavy atom. The number of hydrogen-bond donors (Lipinski definition) is 2. The average molecular weight is 250 g/mol. The number of H-pyrrole nitrogens is 1. The number of aromatic amines is 1. The molecule has 1 saturated carbocycles. The first-order valence-corrected chi connectivity index (χ1v) is 6.12. The molecule has 0 saturated heterocycles. The van der Waals surface area contributed by atoms with Crippen LogP contribution in [0.2, 0.25) is 0 Å². The van der Waals surface area contributed by atoms with E-state index in [0.717, 1.165) is 12.8 Å². The lowest BCUT2D eigenvalue weighted by molar-refractivity contribution is 0.0179. The predicted octanol–water partition coefficient (Wildman–Crippen LogP) is 0.921. The molecule has 1 aromatic rings. The Bertz CT molecular complexity index is 477. The molecule has 5 heteroatoms. The molecule has 1 fully saturated rings. The number of methoxy groups -OCH3 is 1. The van der Waals surface area contributed by atoms with Crippen molar-refractivity contribution in [2.45, 2.75) is 19.3 Å². The Morgan fingerprint density at radius 1 is 1.50 bits per heavy atom. The summed E-state index contributed by atoms with van der Waals surface area (Å²) in [6.45, 7) is 1.26. The van der Waals surface area contributed by atoms with Crippen molar-refractivity contribution >= 4 is 5.91 Å². The minimum atomic E-state index is -0.266. The van der Waals surface area contributed by atoms with E-state index in [-0.39, 0.29) is 16.9 Å². The van der Waals surface area contributed by atoms with Crippen molar-refractivity contribution in [3.63, 3.8) is 0 Å². The zero-order valence-electron chi connectivity index (χ0n) is 10.5. The van der Waals surface area contributed by atoms with Gasteiger partial charge in [-0.15, -0.1) is 0 Å². The Hall–Kier alpha value is -1.62. The van der Waals surface area contributed by atoms with Crippen molar-refractivity contribution in [2.24, 2.45) is 5.41 Å². The van der Waals surface area contributed by atoms with Crippen molar-refractivity contribution in [3.05, 3.63) is 34.2 Å². The third-order valence-electron chi connectivity index (χ3n) is 3.50. The number of aromatic nitrogens is 1. The summed E-state index contributed by atoms with van der Waals surface area (Å²) >= 11 is 0. The summed E-state index contributed by atoms with van der Waals surface area (Å²) in [6, 6.07) is 4.55. The molecule has 98 valence electrons. The SMILES string of the molecule is COCC1(CNC(=O)c2cccc(=O)[nH]2)CCC1. The van der Waals surface area contributed by atoms with Crippen molar-refractivity contribution in [1.29, 1.82) is 0 Å². The molecule has 1 aliphatic rings. The van der Waals surface area contributed by atoms with Gasteiger partial charge in [0.1, 0.15) is 5.69 Å². The van der Waals surface area contributed by atoms with Crippen molar-refractivity contribution < 1.29 is 9.53 Å². The fourth-order valence-corrected chi connectivity index (χ4v) is 2.30. The molecule has 2 rings (SSSR count). The van der Waals surface area contributed by atoms with E-state index in [2.05, 4.69) is 10.3 Å². The molecular formula is C13H18N2O3. The van der Waals surface area contributed by atoms with Crippen LogP contribution in [0, 0.1) is 5.41 Å². The van der Waals surface area contributed by atoms with E-state index in [1.165, 1.54) is 12.5 Å². The molecule has 0 unspecified atom stereocenters. The van der Waals surface area contributed by atoms with Crippen LogP contribution in [-0.2, 0) is 4.74 Å². The van der Waals surface area contributed by atoms with Crippen molar-refractivity contribution in [2.75, 3.05) is 20.3 Å². The lowest BCUT2D eigenvalue weighted by Crippen LogP contribution is -2.45. The summed E-state index contributed by atoms with van der Waals surface area (Å²) in [4.78, 5) is 25.5. The monoisotopic (exact) mass is 250 g/mol. The smallest absolute Gasteiger partial charge is 0.267 e. The number of hydrogen-bond acceptors (Lipinski definition) is 3. The Morgan fingerprint density at radius 3 is 2.83 bits per heavy atom. The van der Waals surface area contributed by atoms with E-state index in [4.69, 9.17) is 4.74 Å². The van der Waals surface area contributed by atoms with Gasteiger partial charge >= 0.3 is 0 Å². The highest BCUT2D eigenvalue weighted by molar-refractivity contribution is 5.92. The lowest BCUT2D eigenvalue weighted by atomic mass is 9.69. The van der Waals surface area contributed by atoms with E-state index in [0.29, 0.717) is 18.8 Å². The molecule has 18 heavy (non-hydrogen) atoms. The molecule has 1 amide bonds. The molecule has 1 aromatic heterocycles. The maximum Gasteiger partial charge on any atom is 0.267 e. The first-order valence-electron chi connectivity index (χ1n) is 6.12. The van der Waals surface area contributed by atoms with Crippen LogP contribution in [-0.4, -0.2) is 31.2 Å². The molecule has 2 N–H and O–H groups in total. The second kappa shape index (κ2) is 5.35. The summed E-state index contributed by atoms with van der Waals surface area (Å²) < 4.78 is 5.20. The molecule has 1 heterocycles. The molecule has 0 aromatic carbocycles. The number of ether oxygens (including phenoxy) is 1. The van der Waals surface area contributed by atoms with Crippen molar-refractivity contribution in [1.82, 2.24) is 10.3 Å². The molecule has 0 spiro atoms. The van der Waals surface area contributed by atoms with Gasteiger partial charge in [-0.3, -0.25) is 9.59 Å². The van der Waals surface area contributed by atoms with Crippen molar-refractivity contribution in [3.8, 4) is 0 Å². The lowest BCUT2D eigenvalue weighted by Gasteiger charge is -2.41. The second-order valence-corrected chi connectivity index (χ2v) is 4.90. The van der Waals surface area contributed by atoms with Gasteiger partial charge in [0.15, 0.2) is 0 Å². The Balaban J connectivity index is 1.94. The van der Waals surface area contributed by atoms with Crippen LogP contribution in [0.5, 0.6) is 0 Å². The average Bonchev–Trinajstić information content (AvgIpc) is 2.32. The summed E-state index contributed by atoms with van der Waals surface area (Å²) in [5.41, 5.74) is 0.117. The number of pyridine rings is 1. The standard InChI is InChI=1S/C13H18N2O3/c1-18-9-13(6-3-7-13)8-14-12(17)10-4-2-5-11(16)15-10/h2,4-5H,3,6-9H2,1H3,(H,14,17)(H,15,16). The largest absolute Gasteiger partial charge is 0.384 e. The molecule has 0 atom stereocenters. The van der Waals surface area contributed by atoms with Crippen LogP contribution >= 0.6 is 0 Å². The number of carbonyl (C=O) groups is 1. The van der Waals surface area contributed by atoms with E-state index >= 15 is 0 Å². The van der Waals surface area contributed by atoms with Crippen LogP contribution in [0.1, 0.15) is 29.8 Å². The minimum absolute atomic E-state index is 0.0828. The van der Waals surface area contributed by atoms with E-state index < -0.39 is 0 Å². The van der Waals surface area contributed by atoms with Gasteiger partial charge in [-0.1, -0.05) is 12.5 Å². The first kappa shape index (κ1) is 12.8. The molecule has 0 aliphatic heterocycles. The van der Waals surface area contributed by atoms with Crippen LogP contribution in [0.4, 0.5) is 0 Å². The maximum absolute atomic E-state index is 11.9. The molecule has 5 nitrogen and oxygen atoms in total. The zero-order chi connectivity index (χ0) is 13.0. The van der Waals surface area contributed by atoms with Gasteiger partial charge in [-0.05, 0) is 18.9 Å². The van der Waals surface area contributed by atoms with Crippen LogP contribution in [0.3, 0.4) is 0 Å². The Kier molecular flexibility index (Phi) is 3.81. The van der Waals surface area contributed by atoms with Gasteiger partial charge in [-0.2, -0.15) is 0 Å². The van der Waals surface area contributed by atoms with Crippen LogP contribution in [0.25, 0.3) is 0 Å². The van der Waals surface area contributed by atoms with E-state index in [9.17, 15) is 9.59 Å².